The molecule has 2 aromatic rings. The third-order valence-corrected chi connectivity index (χ3v) is 6.21. The number of aromatic amines is 1. The number of hydrogen-bond donors (Lipinski definition) is 1. The number of benzene rings is 1. The fourth-order valence-electron chi connectivity index (χ4n) is 4.83. The Hall–Kier alpha value is -2.76. The third kappa shape index (κ3) is 2.87. The Morgan fingerprint density at radius 3 is 2.61 bits per heavy atom. The van der Waals surface area contributed by atoms with Gasteiger partial charge in [-0.2, -0.15) is 0 Å². The van der Waals surface area contributed by atoms with E-state index < -0.39 is 17.9 Å². The number of aromatic nitrogens is 1. The van der Waals surface area contributed by atoms with Gasteiger partial charge in [0.2, 0.25) is 0 Å². The number of carbonyl (C=O) groups is 2. The molecule has 3 heterocycles. The van der Waals surface area contributed by atoms with Crippen LogP contribution in [0.3, 0.4) is 0 Å². The first-order valence-corrected chi connectivity index (χ1v) is 9.80. The number of H-pyrrole nitrogens is 1. The second-order valence-electron chi connectivity index (χ2n) is 7.49. The van der Waals surface area contributed by atoms with Gasteiger partial charge in [0.15, 0.2) is 5.92 Å². The molecule has 1 aromatic carbocycles. The maximum atomic E-state index is 12.4. The van der Waals surface area contributed by atoms with Gasteiger partial charge >= 0.3 is 11.9 Å². The molecule has 4 rings (SSSR count). The van der Waals surface area contributed by atoms with Gasteiger partial charge in [0.1, 0.15) is 0 Å². The Morgan fingerprint density at radius 1 is 1.21 bits per heavy atom. The lowest BCUT2D eigenvalue weighted by Gasteiger charge is -2.43. The lowest BCUT2D eigenvalue weighted by atomic mass is 9.76. The summed E-state index contributed by atoms with van der Waals surface area (Å²) in [4.78, 5) is 30.8. The van der Waals surface area contributed by atoms with E-state index >= 15 is 0 Å². The summed E-state index contributed by atoms with van der Waals surface area (Å²) in [6.07, 6.45) is 4.57. The highest BCUT2D eigenvalue weighted by molar-refractivity contribution is 5.95. The lowest BCUT2D eigenvalue weighted by Crippen LogP contribution is -2.42. The van der Waals surface area contributed by atoms with E-state index in [0.29, 0.717) is 6.42 Å². The molecule has 0 saturated carbocycles. The zero-order chi connectivity index (χ0) is 19.8. The van der Waals surface area contributed by atoms with E-state index in [4.69, 9.17) is 9.47 Å². The summed E-state index contributed by atoms with van der Waals surface area (Å²) in [5.41, 5.74) is 4.76. The fourth-order valence-corrected chi connectivity index (χ4v) is 4.83. The molecule has 0 saturated heterocycles. The van der Waals surface area contributed by atoms with Gasteiger partial charge in [-0.3, -0.25) is 9.59 Å². The largest absolute Gasteiger partial charge is 0.468 e. The molecule has 0 fully saturated rings. The van der Waals surface area contributed by atoms with Crippen molar-refractivity contribution in [1.82, 2.24) is 9.88 Å². The molecule has 2 atom stereocenters. The number of nitrogens with one attached hydrogen (secondary N) is 1. The molecule has 0 radical (unpaired) electrons. The average molecular weight is 382 g/mol. The molecule has 0 unspecified atom stereocenters. The zero-order valence-corrected chi connectivity index (χ0v) is 16.5. The van der Waals surface area contributed by atoms with E-state index in [-0.39, 0.29) is 12.0 Å². The Kier molecular flexibility index (Phi) is 4.87. The summed E-state index contributed by atoms with van der Waals surface area (Å²) in [7, 11) is 2.64. The zero-order valence-electron chi connectivity index (χ0n) is 16.5. The summed E-state index contributed by atoms with van der Waals surface area (Å²) in [5, 5.41) is 1.26. The average Bonchev–Trinajstić information content (AvgIpc) is 3.12. The summed E-state index contributed by atoms with van der Waals surface area (Å²) in [6.45, 7) is 2.99. The Balaban J connectivity index is 1.77. The number of para-hydroxylation sites is 1. The smallest absolute Gasteiger partial charge is 0.320 e. The number of rotatable bonds is 4. The van der Waals surface area contributed by atoms with Crippen LogP contribution in [0.2, 0.25) is 0 Å². The van der Waals surface area contributed by atoms with E-state index in [1.807, 2.05) is 6.07 Å². The van der Waals surface area contributed by atoms with Gasteiger partial charge in [0, 0.05) is 29.1 Å². The molecule has 2 aliphatic rings. The lowest BCUT2D eigenvalue weighted by molar-refractivity contribution is -0.161. The van der Waals surface area contributed by atoms with E-state index in [0.717, 1.165) is 30.5 Å². The van der Waals surface area contributed by atoms with Crippen molar-refractivity contribution in [3.05, 3.63) is 47.3 Å². The van der Waals surface area contributed by atoms with Crippen LogP contribution in [0.25, 0.3) is 10.9 Å². The summed E-state index contributed by atoms with van der Waals surface area (Å²) < 4.78 is 9.89. The standard InChI is InChI=1S/C22H26N2O4/c1-4-13-12-24-10-9-15-14-7-5-6-8-17(14)23-20(15)18(24)11-16(13)19(21(25)27-2)22(26)28-3/h5-8,12,16,18-19,23H,4,9-11H2,1-3H3/t16-,18+/m0/s1. The van der Waals surface area contributed by atoms with E-state index in [2.05, 4.69) is 41.2 Å². The van der Waals surface area contributed by atoms with Crippen LogP contribution in [-0.4, -0.2) is 42.6 Å². The van der Waals surface area contributed by atoms with Gasteiger partial charge < -0.3 is 19.4 Å². The summed E-state index contributed by atoms with van der Waals surface area (Å²) in [6, 6.07) is 8.45. The fraction of sp³-hybridized carbons (Fsp3) is 0.455. The number of fused-ring (bicyclic) bond motifs is 5. The van der Waals surface area contributed by atoms with Gasteiger partial charge in [-0.05, 0) is 42.7 Å². The van der Waals surface area contributed by atoms with Crippen molar-refractivity contribution in [3.8, 4) is 0 Å². The van der Waals surface area contributed by atoms with Crippen molar-refractivity contribution in [2.75, 3.05) is 20.8 Å². The minimum absolute atomic E-state index is 0.105. The predicted octanol–water partition coefficient (Wildman–Crippen LogP) is 3.34. The Morgan fingerprint density at radius 2 is 1.93 bits per heavy atom. The number of hydrogen-bond acceptors (Lipinski definition) is 5. The summed E-state index contributed by atoms with van der Waals surface area (Å²) in [5.74, 6) is -2.23. The van der Waals surface area contributed by atoms with Crippen molar-refractivity contribution in [2.24, 2.45) is 11.8 Å². The number of ether oxygens (including phenoxy) is 2. The minimum Gasteiger partial charge on any atom is -0.468 e. The van der Waals surface area contributed by atoms with Crippen LogP contribution in [0.1, 0.15) is 37.1 Å². The third-order valence-electron chi connectivity index (χ3n) is 6.21. The molecule has 1 aromatic heterocycles. The first-order chi connectivity index (χ1) is 13.6. The van der Waals surface area contributed by atoms with Crippen LogP contribution in [0.4, 0.5) is 0 Å². The molecule has 148 valence electrons. The highest BCUT2D eigenvalue weighted by Crippen LogP contribution is 2.45. The molecule has 0 bridgehead atoms. The molecule has 0 amide bonds. The van der Waals surface area contributed by atoms with Gasteiger partial charge in [-0.1, -0.05) is 25.1 Å². The first-order valence-electron chi connectivity index (χ1n) is 9.80. The summed E-state index contributed by atoms with van der Waals surface area (Å²) >= 11 is 0. The highest BCUT2D eigenvalue weighted by Gasteiger charge is 2.44. The molecule has 6 heteroatoms. The van der Waals surface area contributed by atoms with E-state index in [1.54, 1.807) is 0 Å². The van der Waals surface area contributed by atoms with E-state index in [9.17, 15) is 9.59 Å². The first kappa shape index (κ1) is 18.6. The predicted molar refractivity (Wildman–Crippen MR) is 105 cm³/mol. The minimum atomic E-state index is -0.932. The van der Waals surface area contributed by atoms with Crippen molar-refractivity contribution in [3.63, 3.8) is 0 Å². The number of esters is 2. The molecule has 0 spiro atoms. The van der Waals surface area contributed by atoms with Gasteiger partial charge in [0.05, 0.1) is 20.3 Å². The van der Waals surface area contributed by atoms with Crippen molar-refractivity contribution >= 4 is 22.8 Å². The highest BCUT2D eigenvalue weighted by atomic mass is 16.5. The second kappa shape index (κ2) is 7.34. The topological polar surface area (TPSA) is 71.6 Å². The molecule has 1 N–H and O–H groups in total. The quantitative estimate of drug-likeness (QED) is 0.649. The van der Waals surface area contributed by atoms with Crippen LogP contribution in [0.5, 0.6) is 0 Å². The van der Waals surface area contributed by atoms with E-state index in [1.165, 1.54) is 30.9 Å². The number of methoxy groups -OCH3 is 2. The molecule has 2 aliphatic heterocycles. The van der Waals surface area contributed by atoms with Crippen LogP contribution < -0.4 is 0 Å². The normalized spacial score (nSPS) is 21.1. The molecule has 0 aliphatic carbocycles. The second-order valence-corrected chi connectivity index (χ2v) is 7.49. The molecular weight excluding hydrogens is 356 g/mol. The van der Waals surface area contributed by atoms with Crippen LogP contribution in [-0.2, 0) is 25.5 Å². The van der Waals surface area contributed by atoms with Crippen molar-refractivity contribution < 1.29 is 19.1 Å². The van der Waals surface area contributed by atoms with Crippen LogP contribution >= 0.6 is 0 Å². The molecular formula is C22H26N2O4. The van der Waals surface area contributed by atoms with Gasteiger partial charge in [0.25, 0.3) is 0 Å². The number of carbonyl (C=O) groups excluding carboxylic acids is 2. The SMILES string of the molecule is CCC1=CN2CCc3c([nH]c4ccccc34)[C@H]2C[C@@H]1C(C(=O)OC)C(=O)OC. The monoisotopic (exact) mass is 382 g/mol. The maximum Gasteiger partial charge on any atom is 0.320 e. The Labute approximate surface area is 164 Å². The van der Waals surface area contributed by atoms with Crippen molar-refractivity contribution in [1.29, 1.82) is 0 Å². The van der Waals surface area contributed by atoms with Crippen LogP contribution in [0.15, 0.2) is 36.0 Å². The van der Waals surface area contributed by atoms with Crippen molar-refractivity contribution in [2.45, 2.75) is 32.2 Å². The maximum absolute atomic E-state index is 12.4. The molecule has 6 nitrogen and oxygen atoms in total. The van der Waals surface area contributed by atoms with Gasteiger partial charge in [-0.15, -0.1) is 0 Å². The number of nitrogens with zero attached hydrogens (tertiary/aromatic N) is 1. The number of allylic oxidation sites excluding steroid dienone is 1. The molecule has 28 heavy (non-hydrogen) atoms. The van der Waals surface area contributed by atoms with Crippen LogP contribution in [0, 0.1) is 11.8 Å². The van der Waals surface area contributed by atoms with Gasteiger partial charge in [-0.25, -0.2) is 0 Å². The Bertz CT molecular complexity index is 929.